The van der Waals surface area contributed by atoms with Crippen molar-refractivity contribution in [3.8, 4) is 11.5 Å². The first-order chi connectivity index (χ1) is 16.8. The highest BCUT2D eigenvalue weighted by molar-refractivity contribution is 8.18. The number of nitrogens with zero attached hydrogens (tertiary/aromatic N) is 2. The van der Waals surface area contributed by atoms with Crippen LogP contribution in [0.25, 0.3) is 6.08 Å². The molecule has 0 atom stereocenters. The summed E-state index contributed by atoms with van der Waals surface area (Å²) in [6.07, 6.45) is 1.46. The third-order valence-corrected chi connectivity index (χ3v) is 6.32. The highest BCUT2D eigenvalue weighted by atomic mass is 32.2. The molecule has 1 fully saturated rings. The number of aryl methyl sites for hydroxylation is 2. The number of nitro groups is 1. The number of carbonyl (C=O) groups is 1. The van der Waals surface area contributed by atoms with Crippen molar-refractivity contribution in [2.75, 3.05) is 7.11 Å². The van der Waals surface area contributed by atoms with E-state index in [1.165, 1.54) is 25.3 Å². The molecular weight excluding hydrogens is 466 g/mol. The molecule has 3 aromatic carbocycles. The topological polar surface area (TPSA) is 103 Å². The van der Waals surface area contributed by atoms with Crippen molar-refractivity contribution in [1.82, 2.24) is 5.32 Å². The second kappa shape index (κ2) is 10.4. The van der Waals surface area contributed by atoms with E-state index in [9.17, 15) is 14.9 Å². The summed E-state index contributed by atoms with van der Waals surface area (Å²) in [5, 5.41) is 14.9. The number of nitro benzene ring substituents is 1. The van der Waals surface area contributed by atoms with Gasteiger partial charge in [-0.2, -0.15) is 0 Å². The number of nitrogens with one attached hydrogen (secondary N) is 1. The van der Waals surface area contributed by atoms with Gasteiger partial charge < -0.3 is 14.8 Å². The molecule has 1 saturated heterocycles. The lowest BCUT2D eigenvalue weighted by Crippen LogP contribution is -2.19. The predicted molar refractivity (Wildman–Crippen MR) is 137 cm³/mol. The summed E-state index contributed by atoms with van der Waals surface area (Å²) in [7, 11) is 1.46. The monoisotopic (exact) mass is 489 g/mol. The minimum absolute atomic E-state index is 0.200. The molecule has 1 aliphatic rings. The second-order valence-electron chi connectivity index (χ2n) is 7.84. The summed E-state index contributed by atoms with van der Waals surface area (Å²) in [6.45, 7) is 4.23. The summed E-state index contributed by atoms with van der Waals surface area (Å²) < 4.78 is 11.2. The van der Waals surface area contributed by atoms with Gasteiger partial charge in [0.2, 0.25) is 0 Å². The van der Waals surface area contributed by atoms with Crippen LogP contribution in [-0.2, 0) is 11.4 Å². The van der Waals surface area contributed by atoms with Crippen molar-refractivity contribution >= 4 is 40.3 Å². The molecule has 0 bridgehead atoms. The van der Waals surface area contributed by atoms with Crippen LogP contribution >= 0.6 is 11.8 Å². The van der Waals surface area contributed by atoms with Gasteiger partial charge in [0.25, 0.3) is 11.6 Å². The van der Waals surface area contributed by atoms with Gasteiger partial charge in [0.1, 0.15) is 6.61 Å². The smallest absolute Gasteiger partial charge is 0.280 e. The van der Waals surface area contributed by atoms with Gasteiger partial charge in [-0.05, 0) is 66.6 Å². The number of rotatable bonds is 7. The maximum atomic E-state index is 12.6. The number of benzene rings is 3. The molecule has 35 heavy (non-hydrogen) atoms. The van der Waals surface area contributed by atoms with Crippen LogP contribution in [-0.4, -0.2) is 23.1 Å². The Hall–Kier alpha value is -4.11. The van der Waals surface area contributed by atoms with Crippen LogP contribution in [0.15, 0.2) is 70.6 Å². The number of amidine groups is 1. The van der Waals surface area contributed by atoms with Gasteiger partial charge in [-0.15, -0.1) is 0 Å². The maximum Gasteiger partial charge on any atom is 0.280 e. The molecule has 0 aliphatic carbocycles. The Kier molecular flexibility index (Phi) is 7.17. The zero-order chi connectivity index (χ0) is 24.9. The molecule has 0 aromatic heterocycles. The van der Waals surface area contributed by atoms with E-state index in [-0.39, 0.29) is 34.4 Å². The van der Waals surface area contributed by atoms with E-state index in [4.69, 9.17) is 9.47 Å². The van der Waals surface area contributed by atoms with Gasteiger partial charge in [0.15, 0.2) is 16.7 Å². The molecule has 0 saturated carbocycles. The number of hydrogen-bond donors (Lipinski definition) is 1. The van der Waals surface area contributed by atoms with E-state index in [1.54, 1.807) is 0 Å². The van der Waals surface area contributed by atoms with Crippen molar-refractivity contribution in [2.45, 2.75) is 20.5 Å². The number of ether oxygens (including phenoxy) is 2. The van der Waals surface area contributed by atoms with E-state index in [1.807, 2.05) is 62.4 Å². The Morgan fingerprint density at radius 2 is 1.83 bits per heavy atom. The van der Waals surface area contributed by atoms with Gasteiger partial charge in [0.05, 0.1) is 34.3 Å². The fourth-order valence-corrected chi connectivity index (χ4v) is 4.21. The van der Waals surface area contributed by atoms with Crippen LogP contribution in [0.3, 0.4) is 0 Å². The Bertz CT molecular complexity index is 1350. The zero-order valence-corrected chi connectivity index (χ0v) is 20.2. The minimum atomic E-state index is -0.511. The third kappa shape index (κ3) is 5.70. The van der Waals surface area contributed by atoms with Crippen LogP contribution in [0, 0.1) is 24.0 Å². The Balaban J connectivity index is 1.62. The van der Waals surface area contributed by atoms with Crippen LogP contribution in [0.1, 0.15) is 22.3 Å². The lowest BCUT2D eigenvalue weighted by atomic mass is 10.1. The summed E-state index contributed by atoms with van der Waals surface area (Å²) in [4.78, 5) is 28.6. The van der Waals surface area contributed by atoms with Crippen LogP contribution < -0.4 is 14.8 Å². The second-order valence-corrected chi connectivity index (χ2v) is 8.87. The number of aliphatic imine (C=N–C) groups is 1. The first-order valence-corrected chi connectivity index (χ1v) is 11.6. The maximum absolute atomic E-state index is 12.6. The third-order valence-electron chi connectivity index (χ3n) is 5.41. The Morgan fingerprint density at radius 1 is 1.06 bits per heavy atom. The van der Waals surface area contributed by atoms with E-state index < -0.39 is 4.92 Å². The van der Waals surface area contributed by atoms with E-state index in [0.717, 1.165) is 28.5 Å². The molecule has 0 radical (unpaired) electrons. The van der Waals surface area contributed by atoms with E-state index in [0.29, 0.717) is 16.6 Å². The van der Waals surface area contributed by atoms with Gasteiger partial charge in [-0.25, -0.2) is 4.99 Å². The molecule has 9 heteroatoms. The number of thioether (sulfide) groups is 1. The normalized spacial score (nSPS) is 15.3. The highest BCUT2D eigenvalue weighted by Gasteiger charge is 2.26. The predicted octanol–water partition coefficient (Wildman–Crippen LogP) is 5.69. The number of methoxy groups -OCH3 is 1. The Morgan fingerprint density at radius 3 is 2.51 bits per heavy atom. The average molecular weight is 490 g/mol. The molecule has 8 nitrogen and oxygen atoms in total. The van der Waals surface area contributed by atoms with Gasteiger partial charge in [-0.3, -0.25) is 14.9 Å². The summed E-state index contributed by atoms with van der Waals surface area (Å²) in [6, 6.07) is 18.0. The van der Waals surface area contributed by atoms with Crippen LogP contribution in [0.2, 0.25) is 0 Å². The van der Waals surface area contributed by atoms with Crippen molar-refractivity contribution in [1.29, 1.82) is 0 Å². The number of carbonyl (C=O) groups excluding carboxylic acids is 1. The van der Waals surface area contributed by atoms with Gasteiger partial charge in [-0.1, -0.05) is 36.4 Å². The largest absolute Gasteiger partial charge is 0.493 e. The highest BCUT2D eigenvalue weighted by Crippen LogP contribution is 2.38. The molecule has 0 unspecified atom stereocenters. The molecule has 1 N–H and O–H groups in total. The Labute approximate surface area is 206 Å². The molecule has 1 heterocycles. The fraction of sp³-hybridized carbons (Fsp3) is 0.154. The lowest BCUT2D eigenvalue weighted by molar-refractivity contribution is -0.385. The van der Waals surface area contributed by atoms with Crippen LogP contribution in [0.5, 0.6) is 11.5 Å². The van der Waals surface area contributed by atoms with Gasteiger partial charge >= 0.3 is 0 Å². The molecule has 178 valence electrons. The summed E-state index contributed by atoms with van der Waals surface area (Å²) >= 11 is 1.12. The van der Waals surface area contributed by atoms with E-state index >= 15 is 0 Å². The fourth-order valence-electron chi connectivity index (χ4n) is 3.38. The first-order valence-electron chi connectivity index (χ1n) is 10.7. The standard InChI is InChI=1S/C26H23N3O5S/c1-16-9-10-20(11-17(16)2)27-26-28-25(30)24(35-26)13-19-12-22(33-3)23(14-21(19)29(31)32)34-15-18-7-5-4-6-8-18/h4-14H,15H2,1-3H3,(H,27,28,30)/b24-13-. The molecular formula is C26H23N3O5S. The van der Waals surface area contributed by atoms with Crippen molar-refractivity contribution in [3.05, 3.63) is 97.9 Å². The van der Waals surface area contributed by atoms with Crippen molar-refractivity contribution in [3.63, 3.8) is 0 Å². The lowest BCUT2D eigenvalue weighted by Gasteiger charge is -2.12. The van der Waals surface area contributed by atoms with Crippen LogP contribution in [0.4, 0.5) is 11.4 Å². The number of hydrogen-bond acceptors (Lipinski definition) is 7. The quantitative estimate of drug-likeness (QED) is 0.260. The molecule has 0 spiro atoms. The first kappa shape index (κ1) is 24.0. The average Bonchev–Trinajstić information content (AvgIpc) is 3.18. The SMILES string of the molecule is COc1cc(/C=C2\SC(=Nc3ccc(C)c(C)c3)NC2=O)c([N+](=O)[O-])cc1OCc1ccccc1. The van der Waals surface area contributed by atoms with Crippen molar-refractivity contribution < 1.29 is 19.2 Å². The van der Waals surface area contributed by atoms with Crippen molar-refractivity contribution in [2.24, 2.45) is 4.99 Å². The summed E-state index contributed by atoms with van der Waals surface area (Å²) in [5.41, 5.74) is 3.89. The van der Waals surface area contributed by atoms with Gasteiger partial charge in [0, 0.05) is 0 Å². The molecule has 1 aliphatic heterocycles. The zero-order valence-electron chi connectivity index (χ0n) is 19.4. The molecule has 1 amide bonds. The summed E-state index contributed by atoms with van der Waals surface area (Å²) in [5.74, 6) is 0.187. The number of amides is 1. The molecule has 3 aromatic rings. The van der Waals surface area contributed by atoms with E-state index in [2.05, 4.69) is 10.3 Å². The minimum Gasteiger partial charge on any atom is -0.493 e. The molecule has 4 rings (SSSR count).